The molecular formula is C48H54F3N9O6S. The second kappa shape index (κ2) is 20.3. The quantitative estimate of drug-likeness (QED) is 0.0579. The normalized spacial score (nSPS) is 17.0. The highest BCUT2D eigenvalue weighted by molar-refractivity contribution is 7.90. The maximum atomic E-state index is 14.3. The summed E-state index contributed by atoms with van der Waals surface area (Å²) in [5.41, 5.74) is 2.15. The number of imide groups is 1. The van der Waals surface area contributed by atoms with Crippen LogP contribution in [0.4, 0.5) is 36.2 Å². The minimum atomic E-state index is -4.79. The highest BCUT2D eigenvalue weighted by Gasteiger charge is 2.40. The Morgan fingerprint density at radius 2 is 1.58 bits per heavy atom. The number of piperazine rings is 1. The fraction of sp³-hybridized carbons (Fsp3) is 0.417. The molecule has 3 N–H and O–H groups in total. The van der Waals surface area contributed by atoms with Gasteiger partial charge in [0, 0.05) is 97.1 Å². The Morgan fingerprint density at radius 1 is 0.866 bits per heavy atom. The van der Waals surface area contributed by atoms with Gasteiger partial charge >= 0.3 is 6.18 Å². The van der Waals surface area contributed by atoms with Crippen LogP contribution in [0.15, 0.2) is 79.1 Å². The van der Waals surface area contributed by atoms with Gasteiger partial charge in [-0.2, -0.15) is 13.2 Å². The maximum Gasteiger partial charge on any atom is 0.419 e. The van der Waals surface area contributed by atoms with E-state index in [0.29, 0.717) is 34.3 Å². The van der Waals surface area contributed by atoms with E-state index < -0.39 is 39.4 Å². The molecule has 1 unspecified atom stereocenters. The Bertz CT molecular complexity index is 2760. The molecule has 4 amide bonds. The minimum Gasteiger partial charge on any atom is -0.369 e. The number of piperidine rings is 1. The molecule has 5 heterocycles. The van der Waals surface area contributed by atoms with Gasteiger partial charge in [-0.25, -0.2) is 22.4 Å². The number of para-hydroxylation sites is 1. The van der Waals surface area contributed by atoms with Crippen molar-refractivity contribution >= 4 is 67.6 Å². The van der Waals surface area contributed by atoms with Crippen LogP contribution in [-0.4, -0.2) is 100 Å². The van der Waals surface area contributed by atoms with E-state index in [1.54, 1.807) is 42.5 Å². The van der Waals surface area contributed by atoms with Crippen LogP contribution in [0.3, 0.4) is 0 Å². The number of rotatable bonds is 18. The lowest BCUT2D eigenvalue weighted by Crippen LogP contribution is -2.52. The SMILES string of the molecule is CCS(=O)(=O)n1cc(-c2nc(Nc3ccc(N4CCN(CCCCCCCCCC(=O)Nc5cccc6c5CN(C5CCC(=O)NC5=O)C6=O)CC4)cc3)ncc2C(F)(F)F)c2ccccc21. The number of hydrogen-bond acceptors (Lipinski definition) is 11. The summed E-state index contributed by atoms with van der Waals surface area (Å²) in [4.78, 5) is 64.5. The molecule has 0 saturated carbocycles. The highest BCUT2D eigenvalue weighted by Crippen LogP contribution is 2.40. The fourth-order valence-corrected chi connectivity index (χ4v) is 10.1. The number of nitrogens with one attached hydrogen (secondary N) is 3. The van der Waals surface area contributed by atoms with E-state index in [1.807, 2.05) is 24.3 Å². The second-order valence-electron chi connectivity index (χ2n) is 17.2. The first-order chi connectivity index (χ1) is 32.2. The predicted octanol–water partition coefficient (Wildman–Crippen LogP) is 7.70. The van der Waals surface area contributed by atoms with Gasteiger partial charge in [0.1, 0.15) is 11.6 Å². The van der Waals surface area contributed by atoms with Gasteiger partial charge in [0.05, 0.1) is 17.0 Å². The largest absolute Gasteiger partial charge is 0.419 e. The van der Waals surface area contributed by atoms with E-state index in [-0.39, 0.29) is 59.9 Å². The third-order valence-electron chi connectivity index (χ3n) is 12.8. The lowest BCUT2D eigenvalue weighted by Gasteiger charge is -2.36. The first-order valence-corrected chi connectivity index (χ1v) is 24.5. The molecule has 8 rings (SSSR count). The molecule has 3 aliphatic heterocycles. The maximum absolute atomic E-state index is 14.3. The molecule has 354 valence electrons. The number of carbonyl (C=O) groups excluding carboxylic acids is 4. The predicted molar refractivity (Wildman–Crippen MR) is 249 cm³/mol. The number of aromatic nitrogens is 3. The lowest BCUT2D eigenvalue weighted by atomic mass is 10.0. The number of unbranched alkanes of at least 4 members (excludes halogenated alkanes) is 6. The van der Waals surface area contributed by atoms with E-state index in [0.717, 1.165) is 93.5 Å². The van der Waals surface area contributed by atoms with E-state index in [9.17, 15) is 40.8 Å². The summed E-state index contributed by atoms with van der Waals surface area (Å²) < 4.78 is 69.6. The van der Waals surface area contributed by atoms with Gasteiger partial charge in [-0.3, -0.25) is 29.4 Å². The summed E-state index contributed by atoms with van der Waals surface area (Å²) >= 11 is 0. The second-order valence-corrected chi connectivity index (χ2v) is 19.3. The molecule has 0 bridgehead atoms. The average Bonchev–Trinajstić information content (AvgIpc) is 3.87. The Kier molecular flexibility index (Phi) is 14.3. The molecule has 0 radical (unpaired) electrons. The van der Waals surface area contributed by atoms with Crippen molar-refractivity contribution in [2.45, 2.75) is 89.9 Å². The number of amides is 4. The van der Waals surface area contributed by atoms with E-state index in [2.05, 4.69) is 35.7 Å². The molecule has 0 aliphatic carbocycles. The van der Waals surface area contributed by atoms with Gasteiger partial charge in [0.15, 0.2) is 0 Å². The van der Waals surface area contributed by atoms with Crippen LogP contribution in [0.2, 0.25) is 0 Å². The number of carbonyl (C=O) groups is 4. The van der Waals surface area contributed by atoms with Crippen LogP contribution in [0.1, 0.15) is 92.6 Å². The Balaban J connectivity index is 0.733. The summed E-state index contributed by atoms with van der Waals surface area (Å²) in [6, 6.07) is 18.5. The molecule has 2 aromatic heterocycles. The summed E-state index contributed by atoms with van der Waals surface area (Å²) in [6.45, 7) is 6.29. The number of alkyl halides is 3. The third-order valence-corrected chi connectivity index (χ3v) is 14.4. The molecule has 15 nitrogen and oxygen atoms in total. The molecule has 1 atom stereocenters. The van der Waals surface area contributed by atoms with Crippen LogP contribution < -0.4 is 20.9 Å². The molecule has 5 aromatic rings. The van der Waals surface area contributed by atoms with Crippen molar-refractivity contribution in [2.24, 2.45) is 0 Å². The van der Waals surface area contributed by atoms with Crippen LogP contribution in [-0.2, 0) is 37.1 Å². The van der Waals surface area contributed by atoms with Gasteiger partial charge in [-0.05, 0) is 75.2 Å². The van der Waals surface area contributed by atoms with Gasteiger partial charge in [0.25, 0.3) is 5.91 Å². The monoisotopic (exact) mass is 941 g/mol. The number of benzene rings is 3. The van der Waals surface area contributed by atoms with E-state index >= 15 is 0 Å². The van der Waals surface area contributed by atoms with Crippen LogP contribution >= 0.6 is 0 Å². The van der Waals surface area contributed by atoms with Crippen molar-refractivity contribution < 1.29 is 40.8 Å². The number of anilines is 4. The van der Waals surface area contributed by atoms with Crippen molar-refractivity contribution in [1.29, 1.82) is 0 Å². The van der Waals surface area contributed by atoms with Gasteiger partial charge in [-0.1, -0.05) is 56.4 Å². The van der Waals surface area contributed by atoms with Crippen LogP contribution in [0, 0.1) is 0 Å². The Hall–Kier alpha value is -6.34. The molecule has 0 spiro atoms. The first-order valence-electron chi connectivity index (χ1n) is 22.9. The van der Waals surface area contributed by atoms with Crippen molar-refractivity contribution in [3.63, 3.8) is 0 Å². The molecule has 2 saturated heterocycles. The van der Waals surface area contributed by atoms with Gasteiger partial charge in [0.2, 0.25) is 33.7 Å². The minimum absolute atomic E-state index is 0.0338. The summed E-state index contributed by atoms with van der Waals surface area (Å²) in [7, 11) is -3.81. The van der Waals surface area contributed by atoms with Crippen molar-refractivity contribution in [3.8, 4) is 11.3 Å². The number of nitrogens with zero attached hydrogens (tertiary/aromatic N) is 6. The smallest absolute Gasteiger partial charge is 0.369 e. The molecule has 2 fully saturated rings. The zero-order chi connectivity index (χ0) is 47.3. The lowest BCUT2D eigenvalue weighted by molar-refractivity contribution is -0.138. The number of fused-ring (bicyclic) bond motifs is 2. The Labute approximate surface area is 387 Å². The molecule has 67 heavy (non-hydrogen) atoms. The standard InChI is InChI=1S/C48H54F3N9O6S/c1-2-67(65,66)60-31-37(34-13-9-10-16-40(34)60)44-38(48(49,50)51)29-52-47(56-44)53-32-18-20-33(21-19-32)58-27-25-57(26-28-58)24-11-7-5-3-4-6-8-17-42(61)54-39-15-12-14-35-36(39)30-59(46(35)64)41-22-23-43(62)55-45(41)63/h9-10,12-16,18-21,29,31,41H,2-8,11,17,22-28,30H2,1H3,(H,54,61)(H,52,53,56)(H,55,62,63). The number of hydrogen-bond donors (Lipinski definition) is 3. The van der Waals surface area contributed by atoms with Crippen molar-refractivity contribution in [2.75, 3.05) is 54.0 Å². The molecule has 3 aromatic carbocycles. The van der Waals surface area contributed by atoms with Crippen molar-refractivity contribution in [1.82, 2.24) is 29.1 Å². The van der Waals surface area contributed by atoms with E-state index in [1.165, 1.54) is 18.0 Å². The number of halogens is 3. The van der Waals surface area contributed by atoms with Crippen LogP contribution in [0.25, 0.3) is 22.2 Å². The zero-order valence-electron chi connectivity index (χ0n) is 37.3. The summed E-state index contributed by atoms with van der Waals surface area (Å²) in [5.74, 6) is -1.48. The van der Waals surface area contributed by atoms with Gasteiger partial charge in [-0.15, -0.1) is 0 Å². The summed E-state index contributed by atoms with van der Waals surface area (Å²) in [6.07, 6.45) is 5.23. The van der Waals surface area contributed by atoms with E-state index in [4.69, 9.17) is 0 Å². The Morgan fingerprint density at radius 3 is 2.30 bits per heavy atom. The average molecular weight is 942 g/mol. The molecule has 19 heteroatoms. The summed E-state index contributed by atoms with van der Waals surface area (Å²) in [5, 5.41) is 8.63. The topological polar surface area (TPSA) is 179 Å². The highest BCUT2D eigenvalue weighted by atomic mass is 32.2. The first kappa shape index (κ1) is 47.2. The molecule has 3 aliphatic rings. The fourth-order valence-electron chi connectivity index (χ4n) is 9.10. The van der Waals surface area contributed by atoms with Gasteiger partial charge < -0.3 is 20.4 Å². The van der Waals surface area contributed by atoms with Crippen LogP contribution in [0.5, 0.6) is 0 Å². The third kappa shape index (κ3) is 10.8. The van der Waals surface area contributed by atoms with Crippen molar-refractivity contribution in [3.05, 3.63) is 95.8 Å². The zero-order valence-corrected chi connectivity index (χ0v) is 38.1. The molecular weight excluding hydrogens is 888 g/mol.